The fraction of sp³-hybridized carbons (Fsp3) is 0.375. The molecule has 1 fully saturated rings. The maximum atomic E-state index is 12.4. The van der Waals surface area contributed by atoms with Gasteiger partial charge < -0.3 is 9.88 Å². The van der Waals surface area contributed by atoms with Crippen molar-refractivity contribution in [2.75, 3.05) is 13.1 Å². The van der Waals surface area contributed by atoms with E-state index in [1.54, 1.807) is 12.5 Å². The SMILES string of the molecule is C[C@]1(c2ccccc2)CCCN(C(=O)c2cnc[nH]2)C1. The number of aromatic nitrogens is 2. The third-order valence-corrected chi connectivity index (χ3v) is 4.18. The molecule has 20 heavy (non-hydrogen) atoms. The normalized spacial score (nSPS) is 22.8. The second-order valence-electron chi connectivity index (χ2n) is 5.72. The van der Waals surface area contributed by atoms with Gasteiger partial charge in [-0.2, -0.15) is 0 Å². The minimum atomic E-state index is 0.0369. The van der Waals surface area contributed by atoms with E-state index in [1.165, 1.54) is 5.56 Å². The molecule has 0 spiro atoms. The van der Waals surface area contributed by atoms with Gasteiger partial charge in [-0.3, -0.25) is 4.79 Å². The summed E-state index contributed by atoms with van der Waals surface area (Å²) in [5, 5.41) is 0. The van der Waals surface area contributed by atoms with Crippen LogP contribution in [0.4, 0.5) is 0 Å². The quantitative estimate of drug-likeness (QED) is 0.911. The summed E-state index contributed by atoms with van der Waals surface area (Å²) in [6.07, 6.45) is 5.29. The molecular formula is C16H19N3O. The Labute approximate surface area is 118 Å². The lowest BCUT2D eigenvalue weighted by atomic mass is 9.76. The van der Waals surface area contributed by atoms with Crippen LogP contribution in [0.15, 0.2) is 42.9 Å². The van der Waals surface area contributed by atoms with Crippen molar-refractivity contribution in [3.05, 3.63) is 54.1 Å². The summed E-state index contributed by atoms with van der Waals surface area (Å²) in [6.45, 7) is 3.82. The number of amides is 1. The van der Waals surface area contributed by atoms with Crippen molar-refractivity contribution in [3.63, 3.8) is 0 Å². The fourth-order valence-electron chi connectivity index (χ4n) is 3.03. The Bertz CT molecular complexity index is 579. The summed E-state index contributed by atoms with van der Waals surface area (Å²) in [7, 11) is 0. The molecule has 3 rings (SSSR count). The molecule has 104 valence electrons. The Hall–Kier alpha value is -2.10. The Morgan fingerprint density at radius 1 is 1.35 bits per heavy atom. The van der Waals surface area contributed by atoms with Crippen molar-refractivity contribution in [3.8, 4) is 0 Å². The van der Waals surface area contributed by atoms with Crippen molar-refractivity contribution < 1.29 is 4.79 Å². The number of imidazole rings is 1. The van der Waals surface area contributed by atoms with Gasteiger partial charge in [0.05, 0.1) is 12.5 Å². The molecule has 1 atom stereocenters. The Morgan fingerprint density at radius 2 is 2.15 bits per heavy atom. The van der Waals surface area contributed by atoms with Gasteiger partial charge >= 0.3 is 0 Å². The molecule has 0 saturated carbocycles. The van der Waals surface area contributed by atoms with Crippen LogP contribution >= 0.6 is 0 Å². The van der Waals surface area contributed by atoms with E-state index in [9.17, 15) is 4.79 Å². The van der Waals surface area contributed by atoms with Crippen molar-refractivity contribution in [2.24, 2.45) is 0 Å². The molecule has 2 heterocycles. The highest BCUT2D eigenvalue weighted by Gasteiger charge is 2.34. The van der Waals surface area contributed by atoms with E-state index >= 15 is 0 Å². The molecule has 1 aliphatic heterocycles. The molecule has 2 aromatic rings. The number of nitrogens with one attached hydrogen (secondary N) is 1. The number of hydrogen-bond acceptors (Lipinski definition) is 2. The van der Waals surface area contributed by atoms with Gasteiger partial charge in [-0.15, -0.1) is 0 Å². The number of carbonyl (C=O) groups excluding carboxylic acids is 1. The third-order valence-electron chi connectivity index (χ3n) is 4.18. The molecule has 1 aliphatic rings. The van der Waals surface area contributed by atoms with Crippen LogP contribution < -0.4 is 0 Å². The minimum absolute atomic E-state index is 0.0369. The van der Waals surface area contributed by atoms with Crippen molar-refractivity contribution in [1.29, 1.82) is 0 Å². The first-order chi connectivity index (χ1) is 9.69. The number of carbonyl (C=O) groups is 1. The Morgan fingerprint density at radius 3 is 2.85 bits per heavy atom. The maximum Gasteiger partial charge on any atom is 0.271 e. The number of aromatic amines is 1. The Balaban J connectivity index is 1.82. The van der Waals surface area contributed by atoms with Gasteiger partial charge in [0.25, 0.3) is 5.91 Å². The van der Waals surface area contributed by atoms with Gasteiger partial charge in [0.1, 0.15) is 5.69 Å². The third kappa shape index (κ3) is 2.33. The summed E-state index contributed by atoms with van der Waals surface area (Å²) < 4.78 is 0. The molecular weight excluding hydrogens is 250 g/mol. The molecule has 1 aromatic heterocycles. The van der Waals surface area contributed by atoms with Crippen LogP contribution in [0.25, 0.3) is 0 Å². The van der Waals surface area contributed by atoms with E-state index in [1.807, 2.05) is 11.0 Å². The highest BCUT2D eigenvalue weighted by atomic mass is 16.2. The number of hydrogen-bond donors (Lipinski definition) is 1. The first-order valence-electron chi connectivity index (χ1n) is 7.02. The average Bonchev–Trinajstić information content (AvgIpc) is 3.02. The monoisotopic (exact) mass is 269 g/mol. The number of rotatable bonds is 2. The first kappa shape index (κ1) is 12.9. The van der Waals surface area contributed by atoms with E-state index in [2.05, 4.69) is 41.2 Å². The lowest BCUT2D eigenvalue weighted by Crippen LogP contribution is -2.47. The van der Waals surface area contributed by atoms with Crippen LogP contribution in [0.2, 0.25) is 0 Å². The molecule has 1 N–H and O–H groups in total. The lowest BCUT2D eigenvalue weighted by molar-refractivity contribution is 0.0645. The zero-order valence-corrected chi connectivity index (χ0v) is 11.7. The molecule has 1 saturated heterocycles. The Kier molecular flexibility index (Phi) is 3.30. The highest BCUT2D eigenvalue weighted by Crippen LogP contribution is 2.33. The summed E-state index contributed by atoms with van der Waals surface area (Å²) >= 11 is 0. The number of benzene rings is 1. The van der Waals surface area contributed by atoms with Crippen LogP contribution in [0, 0.1) is 0 Å². The largest absolute Gasteiger partial charge is 0.341 e. The zero-order chi connectivity index (χ0) is 14.0. The van der Waals surface area contributed by atoms with E-state index in [4.69, 9.17) is 0 Å². The number of piperidine rings is 1. The predicted octanol–water partition coefficient (Wildman–Crippen LogP) is 2.60. The van der Waals surface area contributed by atoms with Crippen molar-refractivity contribution >= 4 is 5.91 Å². The summed E-state index contributed by atoms with van der Waals surface area (Å²) in [6, 6.07) is 10.5. The number of nitrogens with zero attached hydrogens (tertiary/aromatic N) is 2. The van der Waals surface area contributed by atoms with Crippen LogP contribution in [-0.2, 0) is 5.41 Å². The van der Waals surface area contributed by atoms with E-state index in [0.717, 1.165) is 25.9 Å². The summed E-state index contributed by atoms with van der Waals surface area (Å²) in [4.78, 5) is 21.2. The molecule has 4 heteroatoms. The molecule has 0 radical (unpaired) electrons. The standard InChI is InChI=1S/C16H19N3O/c1-16(13-6-3-2-4-7-13)8-5-9-19(11-16)15(20)14-10-17-12-18-14/h2-4,6-7,10,12H,5,8-9,11H2,1H3,(H,17,18)/t16-/m0/s1. The molecule has 0 bridgehead atoms. The smallest absolute Gasteiger partial charge is 0.271 e. The molecule has 0 aliphatic carbocycles. The van der Waals surface area contributed by atoms with Crippen molar-refractivity contribution in [2.45, 2.75) is 25.2 Å². The van der Waals surface area contributed by atoms with Gasteiger partial charge in [0.15, 0.2) is 0 Å². The van der Waals surface area contributed by atoms with E-state index in [0.29, 0.717) is 5.69 Å². The van der Waals surface area contributed by atoms with Crippen LogP contribution in [0.5, 0.6) is 0 Å². The highest BCUT2D eigenvalue weighted by molar-refractivity contribution is 5.92. The topological polar surface area (TPSA) is 49.0 Å². The van der Waals surface area contributed by atoms with Gasteiger partial charge in [-0.25, -0.2) is 4.98 Å². The molecule has 1 aromatic carbocycles. The summed E-state index contributed by atoms with van der Waals surface area (Å²) in [5.74, 6) is 0.0457. The van der Waals surface area contributed by atoms with Crippen LogP contribution in [0.1, 0.15) is 35.8 Å². The average molecular weight is 269 g/mol. The zero-order valence-electron chi connectivity index (χ0n) is 11.7. The number of likely N-dealkylation sites (tertiary alicyclic amines) is 1. The molecule has 4 nitrogen and oxygen atoms in total. The van der Waals surface area contributed by atoms with Gasteiger partial charge in [-0.05, 0) is 18.4 Å². The van der Waals surface area contributed by atoms with Gasteiger partial charge in [0.2, 0.25) is 0 Å². The molecule has 1 amide bonds. The molecule has 0 unspecified atom stereocenters. The van der Waals surface area contributed by atoms with E-state index < -0.39 is 0 Å². The number of H-pyrrole nitrogens is 1. The second-order valence-corrected chi connectivity index (χ2v) is 5.72. The van der Waals surface area contributed by atoms with Crippen molar-refractivity contribution in [1.82, 2.24) is 14.9 Å². The van der Waals surface area contributed by atoms with Crippen LogP contribution in [0.3, 0.4) is 0 Å². The summed E-state index contributed by atoms with van der Waals surface area (Å²) in [5.41, 5.74) is 1.92. The predicted molar refractivity (Wildman–Crippen MR) is 77.5 cm³/mol. The minimum Gasteiger partial charge on any atom is -0.341 e. The van der Waals surface area contributed by atoms with E-state index in [-0.39, 0.29) is 11.3 Å². The van der Waals surface area contributed by atoms with Crippen LogP contribution in [-0.4, -0.2) is 33.9 Å². The second kappa shape index (κ2) is 5.12. The lowest BCUT2D eigenvalue weighted by Gasteiger charge is -2.40. The van der Waals surface area contributed by atoms with Gasteiger partial charge in [-0.1, -0.05) is 37.3 Å². The maximum absolute atomic E-state index is 12.4. The first-order valence-corrected chi connectivity index (χ1v) is 7.02. The van der Waals surface area contributed by atoms with Gasteiger partial charge in [0, 0.05) is 18.5 Å². The fourth-order valence-corrected chi connectivity index (χ4v) is 3.03.